The minimum Gasteiger partial charge on any atom is -0.457 e. The van der Waals surface area contributed by atoms with E-state index < -0.39 is 17.7 Å². The third kappa shape index (κ3) is 4.71. The number of rotatable bonds is 4. The summed E-state index contributed by atoms with van der Waals surface area (Å²) in [5.41, 5.74) is 2.45. The number of hydrogen-bond acceptors (Lipinski definition) is 5. The quantitative estimate of drug-likeness (QED) is 0.815. The van der Waals surface area contributed by atoms with Crippen LogP contribution < -0.4 is 10.6 Å². The molecule has 136 valence electrons. The largest absolute Gasteiger partial charge is 0.457 e. The van der Waals surface area contributed by atoms with Gasteiger partial charge in [-0.3, -0.25) is 4.79 Å². The Labute approximate surface area is 147 Å². The summed E-state index contributed by atoms with van der Waals surface area (Å²) in [6.45, 7) is 9.01. The van der Waals surface area contributed by atoms with Crippen LogP contribution in [0.15, 0.2) is 12.1 Å². The number of carbonyl (C=O) groups excluding carboxylic acids is 3. The minimum atomic E-state index is -0.602. The zero-order valence-corrected chi connectivity index (χ0v) is 15.2. The maximum Gasteiger partial charge on any atom is 0.407 e. The minimum absolute atomic E-state index is 0.170. The first kappa shape index (κ1) is 18.8. The van der Waals surface area contributed by atoms with E-state index in [0.717, 1.165) is 16.7 Å². The highest BCUT2D eigenvalue weighted by Crippen LogP contribution is 2.29. The predicted molar refractivity (Wildman–Crippen MR) is 91.1 cm³/mol. The topological polar surface area (TPSA) is 93.7 Å². The van der Waals surface area contributed by atoms with Crippen molar-refractivity contribution < 1.29 is 23.9 Å². The Kier molecular flexibility index (Phi) is 5.35. The van der Waals surface area contributed by atoms with Gasteiger partial charge in [-0.25, -0.2) is 9.59 Å². The number of hydrogen-bond donors (Lipinski definition) is 2. The van der Waals surface area contributed by atoms with E-state index in [0.29, 0.717) is 5.56 Å². The summed E-state index contributed by atoms with van der Waals surface area (Å²) in [6.07, 6.45) is -0.555. The molecule has 0 fully saturated rings. The van der Waals surface area contributed by atoms with E-state index in [9.17, 15) is 14.4 Å². The van der Waals surface area contributed by atoms with Crippen LogP contribution in [0.3, 0.4) is 0 Å². The van der Waals surface area contributed by atoms with E-state index in [2.05, 4.69) is 10.6 Å². The number of amides is 2. The van der Waals surface area contributed by atoms with Gasteiger partial charge in [0.05, 0.1) is 11.6 Å². The SMILES string of the molecule is CC(=O)NC(CNC(=O)OC(C)(C)C)c1ccc2c(c1C)COC2=O. The Morgan fingerprint density at radius 1 is 1.32 bits per heavy atom. The molecule has 0 radical (unpaired) electrons. The number of alkyl carbamates (subject to hydrolysis) is 1. The van der Waals surface area contributed by atoms with Crippen LogP contribution in [0.1, 0.15) is 60.8 Å². The smallest absolute Gasteiger partial charge is 0.407 e. The molecular weight excluding hydrogens is 324 g/mol. The van der Waals surface area contributed by atoms with Crippen LogP contribution in [-0.2, 0) is 20.9 Å². The Morgan fingerprint density at radius 2 is 2.00 bits per heavy atom. The number of benzene rings is 1. The standard InChI is InChI=1S/C18H24N2O5/c1-10-12(6-7-13-14(10)9-24-16(13)22)15(20-11(2)21)8-19-17(23)25-18(3,4)5/h6-7,15H,8-9H2,1-5H3,(H,19,23)(H,20,21). The second-order valence-electron chi connectivity index (χ2n) is 7.02. The number of fused-ring (bicyclic) bond motifs is 1. The predicted octanol–water partition coefficient (Wildman–Crippen LogP) is 2.37. The molecule has 0 saturated heterocycles. The fourth-order valence-corrected chi connectivity index (χ4v) is 2.73. The highest BCUT2D eigenvalue weighted by Gasteiger charge is 2.27. The molecule has 1 aromatic rings. The van der Waals surface area contributed by atoms with Crippen molar-refractivity contribution in [3.63, 3.8) is 0 Å². The normalized spacial score (nSPS) is 14.4. The Hall–Kier alpha value is -2.57. The van der Waals surface area contributed by atoms with Crippen LogP contribution >= 0.6 is 0 Å². The average Bonchev–Trinajstić information content (AvgIpc) is 2.84. The van der Waals surface area contributed by atoms with Gasteiger partial charge < -0.3 is 20.1 Å². The lowest BCUT2D eigenvalue weighted by Gasteiger charge is -2.24. The van der Waals surface area contributed by atoms with E-state index in [1.54, 1.807) is 32.9 Å². The molecule has 0 spiro atoms. The van der Waals surface area contributed by atoms with Gasteiger partial charge >= 0.3 is 12.1 Å². The van der Waals surface area contributed by atoms with Crippen molar-refractivity contribution in [2.45, 2.75) is 52.9 Å². The molecule has 2 rings (SSSR count). The van der Waals surface area contributed by atoms with Gasteiger partial charge in [0.1, 0.15) is 12.2 Å². The summed E-state index contributed by atoms with van der Waals surface area (Å²) in [5.74, 6) is -0.559. The van der Waals surface area contributed by atoms with Gasteiger partial charge in [-0.2, -0.15) is 0 Å². The fraction of sp³-hybridized carbons (Fsp3) is 0.500. The van der Waals surface area contributed by atoms with Crippen LogP contribution in [0.4, 0.5) is 4.79 Å². The van der Waals surface area contributed by atoms with Crippen molar-refractivity contribution in [3.05, 3.63) is 34.4 Å². The van der Waals surface area contributed by atoms with Crippen molar-refractivity contribution in [3.8, 4) is 0 Å². The van der Waals surface area contributed by atoms with Gasteiger partial charge in [0, 0.05) is 19.0 Å². The maximum absolute atomic E-state index is 11.9. The lowest BCUT2D eigenvalue weighted by molar-refractivity contribution is -0.119. The second-order valence-corrected chi connectivity index (χ2v) is 7.02. The van der Waals surface area contributed by atoms with Crippen molar-refractivity contribution in [2.24, 2.45) is 0 Å². The number of carbonyl (C=O) groups is 3. The van der Waals surface area contributed by atoms with Gasteiger partial charge in [0.15, 0.2) is 0 Å². The van der Waals surface area contributed by atoms with Crippen molar-refractivity contribution >= 4 is 18.0 Å². The van der Waals surface area contributed by atoms with Gasteiger partial charge in [-0.15, -0.1) is 0 Å². The molecule has 0 aliphatic carbocycles. The molecule has 25 heavy (non-hydrogen) atoms. The molecule has 0 saturated carbocycles. The van der Waals surface area contributed by atoms with Crippen LogP contribution in [0.25, 0.3) is 0 Å². The third-order valence-corrected chi connectivity index (χ3v) is 3.81. The van der Waals surface area contributed by atoms with Gasteiger partial charge in [0.2, 0.25) is 5.91 Å². The monoisotopic (exact) mass is 348 g/mol. The summed E-state index contributed by atoms with van der Waals surface area (Å²) in [4.78, 5) is 35.1. The fourth-order valence-electron chi connectivity index (χ4n) is 2.73. The first-order chi connectivity index (χ1) is 11.6. The molecule has 2 amide bonds. The molecule has 0 bridgehead atoms. The molecule has 1 aliphatic rings. The van der Waals surface area contributed by atoms with E-state index in [1.807, 2.05) is 6.92 Å². The molecule has 0 aromatic heterocycles. The summed E-state index contributed by atoms with van der Waals surface area (Å²) >= 11 is 0. The van der Waals surface area contributed by atoms with E-state index in [-0.39, 0.29) is 25.0 Å². The summed E-state index contributed by atoms with van der Waals surface area (Å²) in [6, 6.07) is 3.03. The number of ether oxygens (including phenoxy) is 2. The number of nitrogens with one attached hydrogen (secondary N) is 2. The number of esters is 1. The van der Waals surface area contributed by atoms with Crippen molar-refractivity contribution in [2.75, 3.05) is 6.54 Å². The van der Waals surface area contributed by atoms with Crippen molar-refractivity contribution in [1.82, 2.24) is 10.6 Å². The highest BCUT2D eigenvalue weighted by molar-refractivity contribution is 5.94. The molecule has 1 aliphatic heterocycles. The summed E-state index contributed by atoms with van der Waals surface area (Å²) in [5, 5.41) is 5.50. The average molecular weight is 348 g/mol. The number of cyclic esters (lactones) is 1. The van der Waals surface area contributed by atoms with Crippen LogP contribution in [0.2, 0.25) is 0 Å². The first-order valence-corrected chi connectivity index (χ1v) is 8.12. The Balaban J connectivity index is 2.19. The van der Waals surface area contributed by atoms with Crippen LogP contribution in [0.5, 0.6) is 0 Å². The van der Waals surface area contributed by atoms with Crippen LogP contribution in [0, 0.1) is 6.92 Å². The lowest BCUT2D eigenvalue weighted by atomic mass is 9.94. The molecule has 7 nitrogen and oxygen atoms in total. The lowest BCUT2D eigenvalue weighted by Crippen LogP contribution is -2.39. The second kappa shape index (κ2) is 7.13. The molecule has 1 unspecified atom stereocenters. The molecule has 1 heterocycles. The van der Waals surface area contributed by atoms with E-state index in [1.165, 1.54) is 6.92 Å². The van der Waals surface area contributed by atoms with Gasteiger partial charge in [-0.1, -0.05) is 6.07 Å². The van der Waals surface area contributed by atoms with E-state index >= 15 is 0 Å². The molecular formula is C18H24N2O5. The zero-order chi connectivity index (χ0) is 18.8. The Bertz CT molecular complexity index is 706. The summed E-state index contributed by atoms with van der Waals surface area (Å²) < 4.78 is 10.3. The van der Waals surface area contributed by atoms with Crippen molar-refractivity contribution in [1.29, 1.82) is 0 Å². The Morgan fingerprint density at radius 3 is 2.60 bits per heavy atom. The molecule has 1 atom stereocenters. The summed E-state index contributed by atoms with van der Waals surface area (Å²) in [7, 11) is 0. The highest BCUT2D eigenvalue weighted by atomic mass is 16.6. The van der Waals surface area contributed by atoms with E-state index in [4.69, 9.17) is 9.47 Å². The third-order valence-electron chi connectivity index (χ3n) is 3.81. The van der Waals surface area contributed by atoms with Crippen LogP contribution in [-0.4, -0.2) is 30.1 Å². The van der Waals surface area contributed by atoms with Gasteiger partial charge in [0.25, 0.3) is 0 Å². The zero-order valence-electron chi connectivity index (χ0n) is 15.2. The molecule has 7 heteroatoms. The first-order valence-electron chi connectivity index (χ1n) is 8.12. The maximum atomic E-state index is 11.9. The van der Waals surface area contributed by atoms with Gasteiger partial charge in [-0.05, 0) is 44.9 Å². The molecule has 2 N–H and O–H groups in total. The molecule has 1 aromatic carbocycles.